The molecule has 1 aromatic carbocycles. The zero-order valence-corrected chi connectivity index (χ0v) is 15.2. The Hall–Kier alpha value is -2.81. The summed E-state index contributed by atoms with van der Waals surface area (Å²) in [5.74, 6) is 2.76. The molecule has 1 amide bonds. The molecule has 3 aromatic rings. The molecule has 136 valence electrons. The molecule has 0 fully saturated rings. The second kappa shape index (κ2) is 8.52. The molecular weight excluding hydrogens is 356 g/mol. The Balaban J connectivity index is 1.43. The fourth-order valence-electron chi connectivity index (χ4n) is 2.15. The third-order valence-electron chi connectivity index (χ3n) is 3.41. The van der Waals surface area contributed by atoms with E-state index in [1.807, 2.05) is 24.3 Å². The standard InChI is InChI=1S/C17H18N4O4S/c1-11-9-14(21-25-11)18-15(22)7-8-26-17-20-19-16(24-17)10-12-3-5-13(23-2)6-4-12/h3-6,9H,7-8,10H2,1-2H3,(H,18,21,22). The van der Waals surface area contributed by atoms with Crippen LogP contribution in [-0.4, -0.2) is 34.1 Å². The SMILES string of the molecule is COc1ccc(Cc2nnc(SCCC(=O)Nc3cc(C)on3)o2)cc1. The van der Waals surface area contributed by atoms with Gasteiger partial charge in [-0.3, -0.25) is 4.79 Å². The van der Waals surface area contributed by atoms with Crippen molar-refractivity contribution in [2.24, 2.45) is 0 Å². The quantitative estimate of drug-likeness (QED) is 0.600. The molecule has 0 aliphatic heterocycles. The average Bonchev–Trinajstić information content (AvgIpc) is 3.24. The lowest BCUT2D eigenvalue weighted by molar-refractivity contribution is -0.115. The summed E-state index contributed by atoms with van der Waals surface area (Å²) in [5, 5.41) is 14.8. The highest BCUT2D eigenvalue weighted by Gasteiger charge is 2.10. The molecule has 2 aromatic heterocycles. The maximum Gasteiger partial charge on any atom is 0.276 e. The number of nitrogens with one attached hydrogen (secondary N) is 1. The van der Waals surface area contributed by atoms with Gasteiger partial charge in [0.2, 0.25) is 11.8 Å². The molecule has 0 spiro atoms. The van der Waals surface area contributed by atoms with E-state index in [0.29, 0.717) is 41.3 Å². The second-order valence-electron chi connectivity index (χ2n) is 5.46. The largest absolute Gasteiger partial charge is 0.497 e. The Morgan fingerprint density at radius 1 is 1.27 bits per heavy atom. The number of carbonyl (C=O) groups is 1. The number of methoxy groups -OCH3 is 1. The van der Waals surface area contributed by atoms with Gasteiger partial charge in [0.1, 0.15) is 11.5 Å². The first-order valence-electron chi connectivity index (χ1n) is 7.93. The minimum absolute atomic E-state index is 0.149. The van der Waals surface area contributed by atoms with Crippen molar-refractivity contribution in [3.8, 4) is 5.75 Å². The van der Waals surface area contributed by atoms with Crippen molar-refractivity contribution in [3.63, 3.8) is 0 Å². The van der Waals surface area contributed by atoms with E-state index in [-0.39, 0.29) is 5.91 Å². The van der Waals surface area contributed by atoms with Crippen molar-refractivity contribution in [1.29, 1.82) is 0 Å². The Kier molecular flexibility index (Phi) is 5.90. The molecular formula is C17H18N4O4S. The Labute approximate surface area is 154 Å². The van der Waals surface area contributed by atoms with Gasteiger partial charge in [-0.2, -0.15) is 0 Å². The molecule has 0 saturated heterocycles. The van der Waals surface area contributed by atoms with Gasteiger partial charge in [0.25, 0.3) is 5.22 Å². The number of carbonyl (C=O) groups excluding carboxylic acids is 1. The third kappa shape index (κ3) is 5.09. The van der Waals surface area contributed by atoms with Crippen LogP contribution < -0.4 is 10.1 Å². The normalized spacial score (nSPS) is 10.7. The Morgan fingerprint density at radius 2 is 2.08 bits per heavy atom. The molecule has 0 unspecified atom stereocenters. The lowest BCUT2D eigenvalue weighted by Gasteiger charge is -2.01. The first kappa shape index (κ1) is 18.0. The second-order valence-corrected chi connectivity index (χ2v) is 6.50. The van der Waals surface area contributed by atoms with Crippen LogP contribution in [0.1, 0.15) is 23.6 Å². The van der Waals surface area contributed by atoms with Crippen LogP contribution in [-0.2, 0) is 11.2 Å². The number of ether oxygens (including phenoxy) is 1. The van der Waals surface area contributed by atoms with E-state index < -0.39 is 0 Å². The first-order valence-corrected chi connectivity index (χ1v) is 8.92. The van der Waals surface area contributed by atoms with Crippen molar-refractivity contribution < 1.29 is 18.5 Å². The lowest BCUT2D eigenvalue weighted by Crippen LogP contribution is -2.12. The molecule has 9 heteroatoms. The Bertz CT molecular complexity index is 860. The Morgan fingerprint density at radius 3 is 2.77 bits per heavy atom. The molecule has 0 radical (unpaired) electrons. The van der Waals surface area contributed by atoms with E-state index >= 15 is 0 Å². The summed E-state index contributed by atoms with van der Waals surface area (Å²) in [4.78, 5) is 11.8. The fourth-order valence-corrected chi connectivity index (χ4v) is 2.86. The van der Waals surface area contributed by atoms with E-state index in [1.165, 1.54) is 11.8 Å². The summed E-state index contributed by atoms with van der Waals surface area (Å²) in [6, 6.07) is 9.33. The van der Waals surface area contributed by atoms with Gasteiger partial charge in [-0.15, -0.1) is 10.2 Å². The van der Waals surface area contributed by atoms with Crippen LogP contribution in [0, 0.1) is 6.92 Å². The van der Waals surface area contributed by atoms with Crippen molar-refractivity contribution in [3.05, 3.63) is 47.5 Å². The van der Waals surface area contributed by atoms with Gasteiger partial charge >= 0.3 is 0 Å². The molecule has 1 N–H and O–H groups in total. The number of anilines is 1. The zero-order chi connectivity index (χ0) is 18.4. The van der Waals surface area contributed by atoms with Crippen LogP contribution in [0.2, 0.25) is 0 Å². The topological polar surface area (TPSA) is 103 Å². The summed E-state index contributed by atoms with van der Waals surface area (Å²) < 4.78 is 15.6. The van der Waals surface area contributed by atoms with Gasteiger partial charge in [0, 0.05) is 18.2 Å². The van der Waals surface area contributed by atoms with Crippen LogP contribution >= 0.6 is 11.8 Å². The fraction of sp³-hybridized carbons (Fsp3) is 0.294. The molecule has 3 rings (SSSR count). The van der Waals surface area contributed by atoms with E-state index in [9.17, 15) is 4.79 Å². The predicted molar refractivity (Wildman–Crippen MR) is 95.3 cm³/mol. The van der Waals surface area contributed by atoms with Gasteiger partial charge in [0.05, 0.1) is 13.5 Å². The number of hydrogen-bond donors (Lipinski definition) is 1. The van der Waals surface area contributed by atoms with E-state index in [2.05, 4.69) is 20.7 Å². The van der Waals surface area contributed by atoms with Crippen molar-refractivity contribution >= 4 is 23.5 Å². The maximum atomic E-state index is 11.8. The van der Waals surface area contributed by atoms with Crippen LogP contribution in [0.25, 0.3) is 0 Å². The van der Waals surface area contributed by atoms with E-state index in [0.717, 1.165) is 11.3 Å². The molecule has 0 aliphatic carbocycles. The molecule has 0 aliphatic rings. The first-order chi connectivity index (χ1) is 12.6. The van der Waals surface area contributed by atoms with Gasteiger partial charge in [-0.1, -0.05) is 29.1 Å². The zero-order valence-electron chi connectivity index (χ0n) is 14.4. The molecule has 0 saturated carbocycles. The van der Waals surface area contributed by atoms with Crippen molar-refractivity contribution in [2.75, 3.05) is 18.2 Å². The van der Waals surface area contributed by atoms with Gasteiger partial charge in [-0.05, 0) is 24.6 Å². The number of aryl methyl sites for hydroxylation is 1. The van der Waals surface area contributed by atoms with Crippen LogP contribution in [0.3, 0.4) is 0 Å². The predicted octanol–water partition coefficient (Wildman–Crippen LogP) is 3.09. The monoisotopic (exact) mass is 374 g/mol. The number of benzene rings is 1. The van der Waals surface area contributed by atoms with E-state index in [4.69, 9.17) is 13.7 Å². The summed E-state index contributed by atoms with van der Waals surface area (Å²) >= 11 is 1.34. The van der Waals surface area contributed by atoms with Gasteiger partial charge in [-0.25, -0.2) is 0 Å². The highest BCUT2D eigenvalue weighted by Crippen LogP contribution is 2.20. The molecule has 0 bridgehead atoms. The summed E-state index contributed by atoms with van der Waals surface area (Å²) in [7, 11) is 1.63. The van der Waals surface area contributed by atoms with Crippen molar-refractivity contribution in [1.82, 2.24) is 15.4 Å². The van der Waals surface area contributed by atoms with Crippen LogP contribution in [0.15, 0.2) is 44.5 Å². The van der Waals surface area contributed by atoms with Crippen molar-refractivity contribution in [2.45, 2.75) is 25.0 Å². The number of thioether (sulfide) groups is 1. The van der Waals surface area contributed by atoms with Crippen LogP contribution in [0.4, 0.5) is 5.82 Å². The van der Waals surface area contributed by atoms with E-state index in [1.54, 1.807) is 20.1 Å². The summed E-state index contributed by atoms with van der Waals surface area (Å²) in [6.45, 7) is 1.76. The number of rotatable bonds is 8. The lowest BCUT2D eigenvalue weighted by atomic mass is 10.1. The minimum atomic E-state index is -0.149. The minimum Gasteiger partial charge on any atom is -0.497 e. The molecule has 0 atom stereocenters. The number of nitrogens with zero attached hydrogens (tertiary/aromatic N) is 3. The number of hydrogen-bond acceptors (Lipinski definition) is 8. The summed E-state index contributed by atoms with van der Waals surface area (Å²) in [5.41, 5.74) is 1.05. The number of amides is 1. The highest BCUT2D eigenvalue weighted by molar-refractivity contribution is 7.99. The third-order valence-corrected chi connectivity index (χ3v) is 4.23. The highest BCUT2D eigenvalue weighted by atomic mass is 32.2. The van der Waals surface area contributed by atoms with Crippen LogP contribution in [0.5, 0.6) is 5.75 Å². The molecule has 2 heterocycles. The van der Waals surface area contributed by atoms with Gasteiger partial charge < -0.3 is 19.0 Å². The summed E-state index contributed by atoms with van der Waals surface area (Å²) in [6.07, 6.45) is 0.844. The molecule has 26 heavy (non-hydrogen) atoms. The average molecular weight is 374 g/mol. The smallest absolute Gasteiger partial charge is 0.276 e. The maximum absolute atomic E-state index is 11.8. The molecule has 8 nitrogen and oxygen atoms in total. The van der Waals surface area contributed by atoms with Gasteiger partial charge in [0.15, 0.2) is 5.82 Å². The number of aromatic nitrogens is 3.